The van der Waals surface area contributed by atoms with E-state index in [4.69, 9.17) is 15.0 Å². The average molecular weight is 276 g/mol. The molecule has 2 heterocycles. The maximum Gasteiger partial charge on any atom is 0.264 e. The highest BCUT2D eigenvalue weighted by molar-refractivity contribution is 5.20. The van der Waals surface area contributed by atoms with Gasteiger partial charge in [-0.2, -0.15) is 4.98 Å². The lowest BCUT2D eigenvalue weighted by Crippen LogP contribution is -2.18. The van der Waals surface area contributed by atoms with E-state index >= 15 is 0 Å². The van der Waals surface area contributed by atoms with Crippen molar-refractivity contribution in [1.29, 1.82) is 0 Å². The summed E-state index contributed by atoms with van der Waals surface area (Å²) in [7, 11) is 0. The fourth-order valence-corrected chi connectivity index (χ4v) is 1.65. The maximum atomic E-state index is 5.72. The molecule has 0 spiro atoms. The van der Waals surface area contributed by atoms with Crippen molar-refractivity contribution in [3.05, 3.63) is 35.7 Å². The Morgan fingerprint density at radius 2 is 2.10 bits per heavy atom. The first-order valence-electron chi connectivity index (χ1n) is 6.70. The second kappa shape index (κ2) is 6.47. The highest BCUT2D eigenvalue weighted by Crippen LogP contribution is 2.14. The van der Waals surface area contributed by atoms with E-state index in [0.29, 0.717) is 17.5 Å². The molecule has 0 amide bonds. The Bertz CT molecular complexity index is 534. The summed E-state index contributed by atoms with van der Waals surface area (Å²) >= 11 is 0. The van der Waals surface area contributed by atoms with Crippen LogP contribution >= 0.6 is 0 Å². The summed E-state index contributed by atoms with van der Waals surface area (Å²) < 4.78 is 10.7. The molecule has 0 aromatic carbocycles. The number of ether oxygens (including phenoxy) is 1. The van der Waals surface area contributed by atoms with Gasteiger partial charge in [0.15, 0.2) is 12.4 Å². The molecule has 0 saturated carbocycles. The van der Waals surface area contributed by atoms with Gasteiger partial charge in [-0.05, 0) is 19.1 Å². The second-order valence-corrected chi connectivity index (χ2v) is 5.16. The second-order valence-electron chi connectivity index (χ2n) is 5.16. The monoisotopic (exact) mass is 276 g/mol. The minimum Gasteiger partial charge on any atom is -0.482 e. The number of nitrogens with zero attached hydrogens (tertiary/aromatic N) is 3. The third kappa shape index (κ3) is 4.03. The Kier molecular flexibility index (Phi) is 4.68. The van der Waals surface area contributed by atoms with Gasteiger partial charge in [0.05, 0.1) is 6.20 Å². The normalized spacial score (nSPS) is 12.7. The van der Waals surface area contributed by atoms with E-state index < -0.39 is 0 Å². The third-order valence-electron chi connectivity index (χ3n) is 2.69. The standard InChI is InChI=1S/C14H20N4O2/c1-9(2)14-17-13(20-18-14)8-19-12-5-4-11(16-7-12)6-10(3)15/h4-5,7,9-10H,6,8,15H2,1-3H3. The molecule has 6 nitrogen and oxygen atoms in total. The highest BCUT2D eigenvalue weighted by atomic mass is 16.5. The van der Waals surface area contributed by atoms with Gasteiger partial charge in [0.25, 0.3) is 5.89 Å². The Balaban J connectivity index is 1.90. The van der Waals surface area contributed by atoms with Crippen molar-refractivity contribution in [3.63, 3.8) is 0 Å². The molecular weight excluding hydrogens is 256 g/mol. The Morgan fingerprint density at radius 1 is 1.30 bits per heavy atom. The van der Waals surface area contributed by atoms with Crippen LogP contribution in [0.2, 0.25) is 0 Å². The van der Waals surface area contributed by atoms with Crippen LogP contribution in [0.3, 0.4) is 0 Å². The number of hydrogen-bond donors (Lipinski definition) is 1. The molecule has 1 unspecified atom stereocenters. The average Bonchev–Trinajstić information content (AvgIpc) is 2.86. The highest BCUT2D eigenvalue weighted by Gasteiger charge is 2.10. The molecule has 1 atom stereocenters. The molecule has 0 aliphatic carbocycles. The van der Waals surface area contributed by atoms with Crippen molar-refractivity contribution in [3.8, 4) is 5.75 Å². The zero-order valence-corrected chi connectivity index (χ0v) is 12.0. The van der Waals surface area contributed by atoms with E-state index in [0.717, 1.165) is 12.1 Å². The lowest BCUT2D eigenvalue weighted by atomic mass is 10.2. The zero-order chi connectivity index (χ0) is 14.5. The molecular formula is C14H20N4O2. The fraction of sp³-hybridized carbons (Fsp3) is 0.500. The fourth-order valence-electron chi connectivity index (χ4n) is 1.65. The van der Waals surface area contributed by atoms with Gasteiger partial charge in [-0.3, -0.25) is 4.98 Å². The third-order valence-corrected chi connectivity index (χ3v) is 2.69. The van der Waals surface area contributed by atoms with Crippen LogP contribution in [0.5, 0.6) is 5.75 Å². The van der Waals surface area contributed by atoms with E-state index in [-0.39, 0.29) is 18.6 Å². The zero-order valence-electron chi connectivity index (χ0n) is 12.0. The van der Waals surface area contributed by atoms with Gasteiger partial charge in [-0.25, -0.2) is 0 Å². The Hall–Kier alpha value is -1.95. The summed E-state index contributed by atoms with van der Waals surface area (Å²) in [5, 5.41) is 3.88. The predicted molar refractivity (Wildman–Crippen MR) is 74.3 cm³/mol. The number of nitrogens with two attached hydrogens (primary N) is 1. The van der Waals surface area contributed by atoms with Crippen molar-refractivity contribution < 1.29 is 9.26 Å². The molecule has 108 valence electrons. The van der Waals surface area contributed by atoms with Gasteiger partial charge in [0.2, 0.25) is 0 Å². The van der Waals surface area contributed by atoms with Crippen molar-refractivity contribution in [1.82, 2.24) is 15.1 Å². The lowest BCUT2D eigenvalue weighted by molar-refractivity contribution is 0.241. The van der Waals surface area contributed by atoms with Crippen molar-refractivity contribution >= 4 is 0 Å². The molecule has 0 bridgehead atoms. The SMILES string of the molecule is CC(N)Cc1ccc(OCc2nc(C(C)C)no2)cn1. The molecule has 2 aromatic heterocycles. The predicted octanol–water partition coefficient (Wildman–Crippen LogP) is 2.06. The topological polar surface area (TPSA) is 87.1 Å². The van der Waals surface area contributed by atoms with E-state index in [1.54, 1.807) is 6.20 Å². The van der Waals surface area contributed by atoms with Gasteiger partial charge in [-0.15, -0.1) is 0 Å². The smallest absolute Gasteiger partial charge is 0.264 e. The van der Waals surface area contributed by atoms with Crippen LogP contribution in [0.15, 0.2) is 22.9 Å². The molecule has 6 heteroatoms. The molecule has 0 fully saturated rings. The quantitative estimate of drug-likeness (QED) is 0.869. The van der Waals surface area contributed by atoms with Crippen LogP contribution in [-0.2, 0) is 13.0 Å². The number of aromatic nitrogens is 3. The lowest BCUT2D eigenvalue weighted by Gasteiger charge is -2.06. The van der Waals surface area contributed by atoms with Gasteiger partial charge in [-0.1, -0.05) is 19.0 Å². The molecule has 0 aliphatic rings. The summed E-state index contributed by atoms with van der Waals surface area (Å²) in [6.07, 6.45) is 2.43. The summed E-state index contributed by atoms with van der Waals surface area (Å²) in [4.78, 5) is 8.53. The van der Waals surface area contributed by atoms with E-state index in [2.05, 4.69) is 15.1 Å². The number of rotatable bonds is 6. The molecule has 20 heavy (non-hydrogen) atoms. The van der Waals surface area contributed by atoms with Crippen LogP contribution in [0.25, 0.3) is 0 Å². The molecule has 0 aliphatic heterocycles. The first-order chi connectivity index (χ1) is 9.54. The van der Waals surface area contributed by atoms with Crippen LogP contribution < -0.4 is 10.5 Å². The van der Waals surface area contributed by atoms with Gasteiger partial charge >= 0.3 is 0 Å². The molecule has 2 N–H and O–H groups in total. The summed E-state index contributed by atoms with van der Waals surface area (Å²) in [6, 6.07) is 3.87. The summed E-state index contributed by atoms with van der Waals surface area (Å²) in [5.74, 6) is 2.07. The molecule has 2 rings (SSSR count). The first-order valence-corrected chi connectivity index (χ1v) is 6.70. The van der Waals surface area contributed by atoms with Gasteiger partial charge in [0, 0.05) is 24.1 Å². The summed E-state index contributed by atoms with van der Waals surface area (Å²) in [5.41, 5.74) is 6.68. The van der Waals surface area contributed by atoms with Crippen molar-refractivity contribution in [2.45, 2.75) is 45.8 Å². The molecule has 0 saturated heterocycles. The first kappa shape index (κ1) is 14.5. The van der Waals surface area contributed by atoms with Gasteiger partial charge in [0.1, 0.15) is 5.75 Å². The van der Waals surface area contributed by atoms with Crippen LogP contribution in [0.4, 0.5) is 0 Å². The largest absolute Gasteiger partial charge is 0.482 e. The van der Waals surface area contributed by atoms with E-state index in [1.165, 1.54) is 0 Å². The number of hydrogen-bond acceptors (Lipinski definition) is 6. The van der Waals surface area contributed by atoms with E-state index in [1.807, 2.05) is 32.9 Å². The van der Waals surface area contributed by atoms with Crippen molar-refractivity contribution in [2.75, 3.05) is 0 Å². The van der Waals surface area contributed by atoms with Crippen LogP contribution in [0.1, 0.15) is 44.1 Å². The Labute approximate surface area is 118 Å². The van der Waals surface area contributed by atoms with Crippen LogP contribution in [-0.4, -0.2) is 21.2 Å². The van der Waals surface area contributed by atoms with Crippen LogP contribution in [0, 0.1) is 0 Å². The molecule has 0 radical (unpaired) electrons. The van der Waals surface area contributed by atoms with Gasteiger partial charge < -0.3 is 15.0 Å². The summed E-state index contributed by atoms with van der Waals surface area (Å²) in [6.45, 7) is 6.22. The minimum atomic E-state index is 0.0992. The Morgan fingerprint density at radius 3 is 2.65 bits per heavy atom. The van der Waals surface area contributed by atoms with E-state index in [9.17, 15) is 0 Å². The van der Waals surface area contributed by atoms with Crippen molar-refractivity contribution in [2.24, 2.45) is 5.73 Å². The number of pyridine rings is 1. The molecule has 2 aromatic rings. The minimum absolute atomic E-state index is 0.0992. The maximum absolute atomic E-state index is 5.72.